The van der Waals surface area contributed by atoms with Gasteiger partial charge in [0, 0.05) is 12.1 Å². The summed E-state index contributed by atoms with van der Waals surface area (Å²) in [4.78, 5) is 0. The number of ether oxygens (including phenoxy) is 1. The number of benzene rings is 1. The Bertz CT molecular complexity index is 343. The van der Waals surface area contributed by atoms with Crippen molar-refractivity contribution in [2.45, 2.75) is 32.7 Å². The second-order valence-electron chi connectivity index (χ2n) is 5.05. The largest absolute Gasteiger partial charge is 0.376 e. The van der Waals surface area contributed by atoms with Crippen LogP contribution in [0, 0.1) is 0 Å². The van der Waals surface area contributed by atoms with Crippen molar-refractivity contribution in [3.8, 4) is 0 Å². The Morgan fingerprint density at radius 1 is 1.22 bits per heavy atom. The molecule has 0 saturated carbocycles. The Hall–Kier alpha value is -1.12. The summed E-state index contributed by atoms with van der Waals surface area (Å²) in [5, 5.41) is 3.47. The molecule has 0 aliphatic heterocycles. The van der Waals surface area contributed by atoms with Crippen molar-refractivity contribution in [3.05, 3.63) is 42.0 Å². The lowest BCUT2D eigenvalue weighted by molar-refractivity contribution is 0.156. The summed E-state index contributed by atoms with van der Waals surface area (Å²) in [6, 6.07) is 10.3. The molecule has 0 bridgehead atoms. The standard InChI is InChI=1S/C16H25NO/c1-4-16(2,3)17-12-14-18-13-8-11-15-9-6-5-7-10-15/h5-11,17H,4,12-14H2,1-3H3. The third-order valence-electron chi connectivity index (χ3n) is 3.06. The van der Waals surface area contributed by atoms with Crippen LogP contribution in [-0.4, -0.2) is 25.3 Å². The second kappa shape index (κ2) is 8.06. The van der Waals surface area contributed by atoms with Crippen molar-refractivity contribution in [1.82, 2.24) is 5.32 Å². The lowest BCUT2D eigenvalue weighted by atomic mass is 10.0. The molecule has 0 spiro atoms. The topological polar surface area (TPSA) is 21.3 Å². The first-order valence-corrected chi connectivity index (χ1v) is 6.68. The van der Waals surface area contributed by atoms with Crippen LogP contribution in [0.2, 0.25) is 0 Å². The lowest BCUT2D eigenvalue weighted by Gasteiger charge is -2.24. The van der Waals surface area contributed by atoms with E-state index in [0.29, 0.717) is 6.61 Å². The molecule has 18 heavy (non-hydrogen) atoms. The predicted octanol–water partition coefficient (Wildman–Crippen LogP) is 3.49. The fraction of sp³-hybridized carbons (Fsp3) is 0.500. The summed E-state index contributed by atoms with van der Waals surface area (Å²) in [5.74, 6) is 0. The quantitative estimate of drug-likeness (QED) is 0.710. The molecule has 100 valence electrons. The summed E-state index contributed by atoms with van der Waals surface area (Å²) < 4.78 is 5.55. The van der Waals surface area contributed by atoms with Crippen LogP contribution < -0.4 is 5.32 Å². The van der Waals surface area contributed by atoms with Crippen LogP contribution in [0.15, 0.2) is 36.4 Å². The van der Waals surface area contributed by atoms with Gasteiger partial charge in [0.1, 0.15) is 0 Å². The molecule has 0 radical (unpaired) electrons. The van der Waals surface area contributed by atoms with E-state index < -0.39 is 0 Å². The number of nitrogens with one attached hydrogen (secondary N) is 1. The molecule has 0 heterocycles. The van der Waals surface area contributed by atoms with Gasteiger partial charge in [0.2, 0.25) is 0 Å². The maximum absolute atomic E-state index is 5.55. The first kappa shape index (κ1) is 14.9. The Labute approximate surface area is 111 Å². The van der Waals surface area contributed by atoms with Gasteiger partial charge in [-0.2, -0.15) is 0 Å². The average Bonchev–Trinajstić information content (AvgIpc) is 2.39. The maximum atomic E-state index is 5.55. The van der Waals surface area contributed by atoms with Gasteiger partial charge < -0.3 is 10.1 Å². The zero-order valence-corrected chi connectivity index (χ0v) is 11.8. The van der Waals surface area contributed by atoms with Gasteiger partial charge >= 0.3 is 0 Å². The molecule has 0 atom stereocenters. The predicted molar refractivity (Wildman–Crippen MR) is 78.7 cm³/mol. The third kappa shape index (κ3) is 6.58. The van der Waals surface area contributed by atoms with Gasteiger partial charge in [0.15, 0.2) is 0 Å². The molecule has 2 heteroatoms. The van der Waals surface area contributed by atoms with E-state index in [9.17, 15) is 0 Å². The molecule has 1 N–H and O–H groups in total. The molecular weight excluding hydrogens is 222 g/mol. The zero-order chi connectivity index (χ0) is 13.3. The van der Waals surface area contributed by atoms with Gasteiger partial charge in [-0.3, -0.25) is 0 Å². The molecule has 1 aromatic carbocycles. The van der Waals surface area contributed by atoms with Gasteiger partial charge in [-0.05, 0) is 25.8 Å². The Kier molecular flexibility index (Phi) is 6.69. The third-order valence-corrected chi connectivity index (χ3v) is 3.06. The monoisotopic (exact) mass is 247 g/mol. The minimum atomic E-state index is 0.212. The minimum Gasteiger partial charge on any atom is -0.376 e. The van der Waals surface area contributed by atoms with Crippen molar-refractivity contribution < 1.29 is 4.74 Å². The van der Waals surface area contributed by atoms with Crippen molar-refractivity contribution in [1.29, 1.82) is 0 Å². The van der Waals surface area contributed by atoms with Crippen LogP contribution in [0.1, 0.15) is 32.8 Å². The molecule has 1 rings (SSSR count). The van der Waals surface area contributed by atoms with Crippen molar-refractivity contribution in [3.63, 3.8) is 0 Å². The first-order valence-electron chi connectivity index (χ1n) is 6.68. The Morgan fingerprint density at radius 3 is 2.61 bits per heavy atom. The van der Waals surface area contributed by atoms with E-state index in [0.717, 1.165) is 19.6 Å². The SMILES string of the molecule is CCC(C)(C)NCCOCC=Cc1ccccc1. The molecule has 0 aliphatic rings. The van der Waals surface area contributed by atoms with Gasteiger partial charge in [0.05, 0.1) is 13.2 Å². The Morgan fingerprint density at radius 2 is 1.94 bits per heavy atom. The summed E-state index contributed by atoms with van der Waals surface area (Å²) in [7, 11) is 0. The van der Waals surface area contributed by atoms with Crippen LogP contribution in [0.4, 0.5) is 0 Å². The fourth-order valence-corrected chi connectivity index (χ4v) is 1.49. The van der Waals surface area contributed by atoms with Crippen LogP contribution in [0.3, 0.4) is 0 Å². The van der Waals surface area contributed by atoms with E-state index in [-0.39, 0.29) is 5.54 Å². The molecule has 2 nitrogen and oxygen atoms in total. The van der Waals surface area contributed by atoms with Gasteiger partial charge in [-0.1, -0.05) is 49.4 Å². The number of hydrogen-bond acceptors (Lipinski definition) is 2. The zero-order valence-electron chi connectivity index (χ0n) is 11.8. The van der Waals surface area contributed by atoms with Gasteiger partial charge in [-0.25, -0.2) is 0 Å². The van der Waals surface area contributed by atoms with Crippen molar-refractivity contribution in [2.24, 2.45) is 0 Å². The molecule has 1 aromatic rings. The second-order valence-corrected chi connectivity index (χ2v) is 5.05. The highest BCUT2D eigenvalue weighted by molar-refractivity contribution is 5.48. The lowest BCUT2D eigenvalue weighted by Crippen LogP contribution is -2.40. The average molecular weight is 247 g/mol. The fourth-order valence-electron chi connectivity index (χ4n) is 1.49. The van der Waals surface area contributed by atoms with Crippen molar-refractivity contribution >= 4 is 6.08 Å². The number of rotatable bonds is 8. The first-order chi connectivity index (χ1) is 8.64. The van der Waals surface area contributed by atoms with Crippen LogP contribution in [0.25, 0.3) is 6.08 Å². The Balaban J connectivity index is 2.07. The summed E-state index contributed by atoms with van der Waals surface area (Å²) in [6.45, 7) is 8.94. The number of hydrogen-bond donors (Lipinski definition) is 1. The molecule has 0 aliphatic carbocycles. The highest BCUT2D eigenvalue weighted by Gasteiger charge is 2.12. The highest BCUT2D eigenvalue weighted by atomic mass is 16.5. The maximum Gasteiger partial charge on any atom is 0.0651 e. The molecule has 0 aromatic heterocycles. The summed E-state index contributed by atoms with van der Waals surface area (Å²) in [5.41, 5.74) is 1.43. The van der Waals surface area contributed by atoms with Crippen molar-refractivity contribution in [2.75, 3.05) is 19.8 Å². The molecular formula is C16H25NO. The summed E-state index contributed by atoms with van der Waals surface area (Å²) in [6.07, 6.45) is 5.27. The minimum absolute atomic E-state index is 0.212. The van der Waals surface area contributed by atoms with E-state index in [4.69, 9.17) is 4.74 Å². The summed E-state index contributed by atoms with van der Waals surface area (Å²) >= 11 is 0. The normalized spacial score (nSPS) is 12.2. The van der Waals surface area contributed by atoms with Crippen LogP contribution in [0.5, 0.6) is 0 Å². The van der Waals surface area contributed by atoms with E-state index in [1.54, 1.807) is 0 Å². The highest BCUT2D eigenvalue weighted by Crippen LogP contribution is 2.05. The smallest absolute Gasteiger partial charge is 0.0651 e. The van der Waals surface area contributed by atoms with E-state index >= 15 is 0 Å². The molecule has 0 saturated heterocycles. The van der Waals surface area contributed by atoms with Gasteiger partial charge in [0.25, 0.3) is 0 Å². The van der Waals surface area contributed by atoms with E-state index in [1.165, 1.54) is 5.56 Å². The van der Waals surface area contributed by atoms with E-state index in [1.807, 2.05) is 18.2 Å². The van der Waals surface area contributed by atoms with Crippen LogP contribution in [-0.2, 0) is 4.74 Å². The van der Waals surface area contributed by atoms with E-state index in [2.05, 4.69) is 50.4 Å². The molecule has 0 fully saturated rings. The van der Waals surface area contributed by atoms with Crippen LogP contribution >= 0.6 is 0 Å². The van der Waals surface area contributed by atoms with Gasteiger partial charge in [-0.15, -0.1) is 0 Å². The molecule has 0 amide bonds. The molecule has 0 unspecified atom stereocenters.